The minimum absolute atomic E-state index is 0.0730. The van der Waals surface area contributed by atoms with Gasteiger partial charge in [-0.05, 0) is 23.8 Å². The molecule has 1 aliphatic heterocycles. The van der Waals surface area contributed by atoms with Crippen molar-refractivity contribution in [1.29, 1.82) is 0 Å². The number of hydrogen-bond acceptors (Lipinski definition) is 9. The van der Waals surface area contributed by atoms with Gasteiger partial charge in [-0.1, -0.05) is 24.3 Å². The Kier molecular flexibility index (Phi) is 7.21. The fourth-order valence-electron chi connectivity index (χ4n) is 3.45. The van der Waals surface area contributed by atoms with Gasteiger partial charge in [-0.15, -0.1) is 0 Å². The van der Waals surface area contributed by atoms with Gasteiger partial charge in [-0.3, -0.25) is 4.98 Å². The molecule has 0 bridgehead atoms. The second-order valence-electron chi connectivity index (χ2n) is 7.25. The minimum Gasteiger partial charge on any atom is -0.463 e. The summed E-state index contributed by atoms with van der Waals surface area (Å²) in [6.07, 6.45) is 2.39. The van der Waals surface area contributed by atoms with Crippen LogP contribution in [0.2, 0.25) is 0 Å². The minimum atomic E-state index is -0.0730. The molecule has 0 spiro atoms. The van der Waals surface area contributed by atoms with E-state index in [1.165, 1.54) is 0 Å². The normalized spacial score (nSPS) is 14.4. The molecule has 1 aromatic carbocycles. The maximum atomic E-state index is 9.50. The number of aliphatic hydroxyl groups is 1. The lowest BCUT2D eigenvalue weighted by Crippen LogP contribution is -2.37. The van der Waals surface area contributed by atoms with Gasteiger partial charge in [0.25, 0.3) is 0 Å². The number of nitrogens with zero attached hydrogens (tertiary/aromatic N) is 5. The lowest BCUT2D eigenvalue weighted by atomic mass is 10.0. The van der Waals surface area contributed by atoms with Gasteiger partial charge in [0, 0.05) is 43.0 Å². The average molecular weight is 435 g/mol. The molecule has 3 heterocycles. The highest BCUT2D eigenvalue weighted by Gasteiger charge is 2.19. The summed E-state index contributed by atoms with van der Waals surface area (Å²) in [6.45, 7) is 3.02. The van der Waals surface area contributed by atoms with E-state index in [0.29, 0.717) is 37.6 Å². The van der Waals surface area contributed by atoms with Crippen LogP contribution >= 0.6 is 0 Å². The maximum absolute atomic E-state index is 9.50. The molecule has 3 N–H and O–H groups in total. The van der Waals surface area contributed by atoms with Crippen LogP contribution in [0, 0.1) is 0 Å². The summed E-state index contributed by atoms with van der Waals surface area (Å²) in [5.41, 5.74) is 3.49. The van der Waals surface area contributed by atoms with Gasteiger partial charge in [0.1, 0.15) is 17.2 Å². The number of benzene rings is 1. The summed E-state index contributed by atoms with van der Waals surface area (Å²) >= 11 is 0. The fourth-order valence-corrected chi connectivity index (χ4v) is 3.45. The van der Waals surface area contributed by atoms with E-state index in [1.807, 2.05) is 48.5 Å². The number of hydrazone groups is 1. The molecular weight excluding hydrogens is 408 g/mol. The Morgan fingerprint density at radius 3 is 2.75 bits per heavy atom. The molecule has 2 aromatic heterocycles. The first-order valence-electron chi connectivity index (χ1n) is 10.5. The predicted molar refractivity (Wildman–Crippen MR) is 121 cm³/mol. The van der Waals surface area contributed by atoms with Crippen molar-refractivity contribution >= 4 is 11.5 Å². The molecule has 0 saturated carbocycles. The molecule has 1 saturated heterocycles. The highest BCUT2D eigenvalue weighted by Crippen LogP contribution is 2.21. The Balaban J connectivity index is 1.62. The topological polar surface area (TPSA) is 119 Å². The van der Waals surface area contributed by atoms with E-state index >= 15 is 0 Å². The smallest absolute Gasteiger partial charge is 0.318 e. The van der Waals surface area contributed by atoms with E-state index in [-0.39, 0.29) is 12.6 Å². The van der Waals surface area contributed by atoms with Crippen molar-refractivity contribution in [3.8, 4) is 6.01 Å². The third kappa shape index (κ3) is 5.37. The zero-order chi connectivity index (χ0) is 22.2. The summed E-state index contributed by atoms with van der Waals surface area (Å²) in [5, 5.41) is 13.5. The van der Waals surface area contributed by atoms with Crippen molar-refractivity contribution in [3.63, 3.8) is 0 Å². The van der Waals surface area contributed by atoms with Gasteiger partial charge < -0.3 is 25.3 Å². The largest absolute Gasteiger partial charge is 0.463 e. The Morgan fingerprint density at radius 1 is 1.12 bits per heavy atom. The summed E-state index contributed by atoms with van der Waals surface area (Å²) < 4.78 is 11.4. The van der Waals surface area contributed by atoms with Crippen LogP contribution in [0.3, 0.4) is 0 Å². The SMILES string of the molecule is NN=C(c1cccc(CO)c1)c1cc(N2CCOCC2)nc(OCCc2ccccn2)n1. The number of pyridine rings is 1. The lowest BCUT2D eigenvalue weighted by Gasteiger charge is -2.28. The molecule has 0 unspecified atom stereocenters. The van der Waals surface area contributed by atoms with Crippen molar-refractivity contribution in [2.45, 2.75) is 13.0 Å². The average Bonchev–Trinajstić information content (AvgIpc) is 2.86. The van der Waals surface area contributed by atoms with Crippen LogP contribution in [0.15, 0.2) is 59.8 Å². The van der Waals surface area contributed by atoms with E-state index < -0.39 is 0 Å². The molecule has 32 heavy (non-hydrogen) atoms. The van der Waals surface area contributed by atoms with Crippen LogP contribution in [0.4, 0.5) is 5.82 Å². The van der Waals surface area contributed by atoms with Crippen LogP contribution < -0.4 is 15.5 Å². The van der Waals surface area contributed by atoms with Crippen LogP contribution in [-0.2, 0) is 17.8 Å². The summed E-state index contributed by atoms with van der Waals surface area (Å²) in [5.74, 6) is 6.49. The van der Waals surface area contributed by atoms with Crippen LogP contribution in [0.1, 0.15) is 22.5 Å². The first-order chi connectivity index (χ1) is 15.8. The first-order valence-corrected chi connectivity index (χ1v) is 10.5. The fraction of sp³-hybridized carbons (Fsp3) is 0.304. The number of morpholine rings is 1. The lowest BCUT2D eigenvalue weighted by molar-refractivity contribution is 0.122. The quantitative estimate of drug-likeness (QED) is 0.311. The van der Waals surface area contributed by atoms with E-state index in [0.717, 1.165) is 35.7 Å². The molecule has 1 aliphatic rings. The molecule has 0 amide bonds. The molecule has 9 nitrogen and oxygen atoms in total. The van der Waals surface area contributed by atoms with Crippen molar-refractivity contribution in [2.24, 2.45) is 10.9 Å². The number of rotatable bonds is 8. The molecule has 9 heteroatoms. The molecular formula is C23H26N6O3. The third-order valence-electron chi connectivity index (χ3n) is 5.10. The monoisotopic (exact) mass is 434 g/mol. The molecule has 1 fully saturated rings. The number of hydrogen-bond donors (Lipinski definition) is 2. The van der Waals surface area contributed by atoms with Gasteiger partial charge in [0.15, 0.2) is 0 Å². The second kappa shape index (κ2) is 10.7. The Hall–Kier alpha value is -3.56. The van der Waals surface area contributed by atoms with Crippen molar-refractivity contribution in [3.05, 3.63) is 77.2 Å². The van der Waals surface area contributed by atoms with Crippen LogP contribution in [0.25, 0.3) is 0 Å². The van der Waals surface area contributed by atoms with Gasteiger partial charge >= 0.3 is 6.01 Å². The van der Waals surface area contributed by atoms with Crippen LogP contribution in [-0.4, -0.2) is 58.7 Å². The summed E-state index contributed by atoms with van der Waals surface area (Å²) in [4.78, 5) is 15.6. The number of aromatic nitrogens is 3. The molecule has 0 aliphatic carbocycles. The van der Waals surface area contributed by atoms with Crippen molar-refractivity contribution in [2.75, 3.05) is 37.8 Å². The molecule has 3 aromatic rings. The Bertz CT molecular complexity index is 1050. The van der Waals surface area contributed by atoms with Gasteiger partial charge in [-0.2, -0.15) is 15.1 Å². The van der Waals surface area contributed by atoms with Crippen molar-refractivity contribution < 1.29 is 14.6 Å². The molecule has 166 valence electrons. The van der Waals surface area contributed by atoms with Crippen LogP contribution in [0.5, 0.6) is 6.01 Å². The number of aliphatic hydroxyl groups excluding tert-OH is 1. The molecule has 0 atom stereocenters. The van der Waals surface area contributed by atoms with E-state index in [4.69, 9.17) is 15.3 Å². The van der Waals surface area contributed by atoms with E-state index in [9.17, 15) is 5.11 Å². The van der Waals surface area contributed by atoms with Gasteiger partial charge in [0.05, 0.1) is 26.4 Å². The summed E-state index contributed by atoms with van der Waals surface area (Å²) in [6, 6.07) is 15.3. The Morgan fingerprint density at radius 2 is 2.00 bits per heavy atom. The van der Waals surface area contributed by atoms with Gasteiger partial charge in [-0.25, -0.2) is 0 Å². The molecule has 0 radical (unpaired) electrons. The number of nitrogens with two attached hydrogens (primary N) is 1. The zero-order valence-corrected chi connectivity index (χ0v) is 17.7. The standard InChI is InChI=1S/C23H26N6O3/c24-28-22(18-5-3-4-17(14-18)16-30)20-15-21(29-9-12-31-13-10-29)27-23(26-20)32-11-7-19-6-1-2-8-25-19/h1-6,8,14-15,30H,7,9-13,16,24H2. The van der Waals surface area contributed by atoms with Gasteiger partial charge in [0.2, 0.25) is 0 Å². The molecule has 4 rings (SSSR count). The number of ether oxygens (including phenoxy) is 2. The second-order valence-corrected chi connectivity index (χ2v) is 7.25. The maximum Gasteiger partial charge on any atom is 0.318 e. The first kappa shape index (κ1) is 21.7. The zero-order valence-electron chi connectivity index (χ0n) is 17.7. The van der Waals surface area contributed by atoms with E-state index in [1.54, 1.807) is 6.20 Å². The predicted octanol–water partition coefficient (Wildman–Crippen LogP) is 1.53. The Labute approximate surface area is 186 Å². The van der Waals surface area contributed by atoms with E-state index in [2.05, 4.69) is 25.0 Å². The highest BCUT2D eigenvalue weighted by molar-refractivity contribution is 6.12. The van der Waals surface area contributed by atoms with Crippen molar-refractivity contribution in [1.82, 2.24) is 15.0 Å². The highest BCUT2D eigenvalue weighted by atomic mass is 16.5. The summed E-state index contributed by atoms with van der Waals surface area (Å²) in [7, 11) is 0. The number of anilines is 1. The third-order valence-corrected chi connectivity index (χ3v) is 5.10.